The highest BCUT2D eigenvalue weighted by molar-refractivity contribution is 7.89. The topological polar surface area (TPSA) is 79.6 Å². The van der Waals surface area contributed by atoms with Gasteiger partial charge in [0.2, 0.25) is 10.0 Å². The van der Waals surface area contributed by atoms with Crippen LogP contribution in [0.2, 0.25) is 0 Å². The molecule has 0 spiro atoms. The van der Waals surface area contributed by atoms with E-state index < -0.39 is 10.0 Å². The average molecular weight is 376 g/mol. The Bertz CT molecular complexity index is 855. The van der Waals surface area contributed by atoms with E-state index in [2.05, 4.69) is 4.72 Å². The Labute approximate surface area is 154 Å². The van der Waals surface area contributed by atoms with Crippen LogP contribution >= 0.6 is 0 Å². The van der Waals surface area contributed by atoms with E-state index in [1.807, 2.05) is 6.92 Å². The third-order valence-corrected chi connectivity index (χ3v) is 6.44. The highest BCUT2D eigenvalue weighted by Gasteiger charge is 2.25. The first-order chi connectivity index (χ1) is 12.4. The Kier molecular flexibility index (Phi) is 5.48. The molecule has 26 heavy (non-hydrogen) atoms. The third kappa shape index (κ3) is 3.99. The van der Waals surface area contributed by atoms with E-state index in [1.165, 1.54) is 17.0 Å². The molecule has 1 heterocycles. The average Bonchev–Trinajstić information content (AvgIpc) is 3.33. The molecule has 7 heteroatoms. The summed E-state index contributed by atoms with van der Waals surface area (Å²) in [4.78, 5) is 14.4. The molecule has 0 radical (unpaired) electrons. The Morgan fingerprint density at radius 2 is 1.96 bits per heavy atom. The zero-order valence-electron chi connectivity index (χ0n) is 15.0. The number of carbonyl (C=O) groups excluding carboxylic acids is 1. The van der Waals surface area contributed by atoms with Crippen LogP contribution in [0.15, 0.2) is 52.0 Å². The molecule has 1 aromatic carbocycles. The summed E-state index contributed by atoms with van der Waals surface area (Å²) in [6.45, 7) is 1.86. The van der Waals surface area contributed by atoms with E-state index in [1.54, 1.807) is 37.6 Å². The number of nitrogens with zero attached hydrogens (tertiary/aromatic N) is 1. The van der Waals surface area contributed by atoms with Crippen LogP contribution in [0.4, 0.5) is 0 Å². The van der Waals surface area contributed by atoms with Gasteiger partial charge in [0.25, 0.3) is 5.91 Å². The molecule has 1 aromatic heterocycles. The normalized spacial score (nSPS) is 16.5. The van der Waals surface area contributed by atoms with E-state index in [0.29, 0.717) is 11.3 Å². The summed E-state index contributed by atoms with van der Waals surface area (Å²) < 4.78 is 33.3. The fourth-order valence-electron chi connectivity index (χ4n) is 3.23. The minimum absolute atomic E-state index is 0.0130. The van der Waals surface area contributed by atoms with Crippen LogP contribution in [-0.4, -0.2) is 32.3 Å². The SMILES string of the molecule is CC(c1ccco1)N(C)C(=O)c1cccc(S(=O)(=O)NC2CCCC2)c1. The number of hydrogen-bond donors (Lipinski definition) is 1. The standard InChI is InChI=1S/C19H24N2O4S/c1-14(18-11-6-12-25-18)21(2)19(22)15-7-5-10-17(13-15)26(23,24)20-16-8-3-4-9-16/h5-7,10-14,16,20H,3-4,8-9H2,1-2H3. The molecule has 6 nitrogen and oxygen atoms in total. The number of sulfonamides is 1. The van der Waals surface area contributed by atoms with Crippen molar-refractivity contribution in [3.63, 3.8) is 0 Å². The van der Waals surface area contributed by atoms with Gasteiger partial charge in [0.05, 0.1) is 17.2 Å². The Balaban J connectivity index is 1.78. The zero-order chi connectivity index (χ0) is 18.7. The van der Waals surface area contributed by atoms with Crippen molar-refractivity contribution in [2.45, 2.75) is 49.6 Å². The smallest absolute Gasteiger partial charge is 0.254 e. The van der Waals surface area contributed by atoms with E-state index >= 15 is 0 Å². The summed E-state index contributed by atoms with van der Waals surface area (Å²) in [5, 5.41) is 0. The molecule has 1 fully saturated rings. The van der Waals surface area contributed by atoms with Crippen molar-refractivity contribution in [2.24, 2.45) is 0 Å². The summed E-state index contributed by atoms with van der Waals surface area (Å²) >= 11 is 0. The van der Waals surface area contributed by atoms with Crippen LogP contribution < -0.4 is 4.72 Å². The van der Waals surface area contributed by atoms with Crippen LogP contribution in [0.1, 0.15) is 54.8 Å². The van der Waals surface area contributed by atoms with Crippen LogP contribution in [0, 0.1) is 0 Å². The molecular weight excluding hydrogens is 352 g/mol. The Morgan fingerprint density at radius 3 is 2.62 bits per heavy atom. The van der Waals surface area contributed by atoms with Crippen molar-refractivity contribution in [3.8, 4) is 0 Å². The van der Waals surface area contributed by atoms with Crippen molar-refractivity contribution in [1.82, 2.24) is 9.62 Å². The first kappa shape index (κ1) is 18.7. The Morgan fingerprint density at radius 1 is 1.23 bits per heavy atom. The van der Waals surface area contributed by atoms with Crippen molar-refractivity contribution in [2.75, 3.05) is 7.05 Å². The minimum atomic E-state index is -3.63. The molecule has 0 bridgehead atoms. The summed E-state index contributed by atoms with van der Waals surface area (Å²) in [5.74, 6) is 0.416. The second-order valence-corrected chi connectivity index (χ2v) is 8.45. The second-order valence-electron chi connectivity index (χ2n) is 6.74. The lowest BCUT2D eigenvalue weighted by molar-refractivity contribution is 0.0726. The number of hydrogen-bond acceptors (Lipinski definition) is 4. The molecular formula is C19H24N2O4S. The van der Waals surface area contributed by atoms with Gasteiger partial charge in [-0.05, 0) is 50.1 Å². The third-order valence-electron chi connectivity index (χ3n) is 4.92. The Hall–Kier alpha value is -2.12. The van der Waals surface area contributed by atoms with Crippen molar-refractivity contribution in [1.29, 1.82) is 0 Å². The van der Waals surface area contributed by atoms with Crippen LogP contribution in [-0.2, 0) is 10.0 Å². The predicted molar refractivity (Wildman–Crippen MR) is 98.2 cm³/mol. The predicted octanol–water partition coefficient (Wildman–Crippen LogP) is 3.33. The molecule has 1 aliphatic rings. The monoisotopic (exact) mass is 376 g/mol. The molecule has 1 saturated carbocycles. The second kappa shape index (κ2) is 7.63. The summed E-state index contributed by atoms with van der Waals surface area (Å²) in [6, 6.07) is 9.49. The fraction of sp³-hybridized carbons (Fsp3) is 0.421. The maximum atomic E-state index is 12.8. The van der Waals surface area contributed by atoms with Gasteiger partial charge >= 0.3 is 0 Å². The number of amides is 1. The van der Waals surface area contributed by atoms with E-state index in [9.17, 15) is 13.2 Å². The summed E-state index contributed by atoms with van der Waals surface area (Å²) in [5.41, 5.74) is 0.334. The lowest BCUT2D eigenvalue weighted by atomic mass is 10.1. The molecule has 1 atom stereocenters. The van der Waals surface area contributed by atoms with Crippen molar-refractivity contribution < 1.29 is 17.6 Å². The molecule has 1 N–H and O–H groups in total. The van der Waals surface area contributed by atoms with Gasteiger partial charge in [0.15, 0.2) is 0 Å². The zero-order valence-corrected chi connectivity index (χ0v) is 15.8. The lowest BCUT2D eigenvalue weighted by Crippen LogP contribution is -2.33. The van der Waals surface area contributed by atoms with Gasteiger partial charge in [0, 0.05) is 18.7 Å². The van der Waals surface area contributed by atoms with Gasteiger partial charge in [0.1, 0.15) is 5.76 Å². The minimum Gasteiger partial charge on any atom is -0.467 e. The summed E-state index contributed by atoms with van der Waals surface area (Å²) in [7, 11) is -1.95. The molecule has 3 rings (SSSR count). The first-order valence-corrected chi connectivity index (χ1v) is 10.3. The molecule has 1 amide bonds. The van der Waals surface area contributed by atoms with Gasteiger partial charge in [-0.2, -0.15) is 0 Å². The summed E-state index contributed by atoms with van der Waals surface area (Å²) in [6.07, 6.45) is 5.37. The molecule has 1 unspecified atom stereocenters. The molecule has 1 aliphatic carbocycles. The van der Waals surface area contributed by atoms with E-state index in [4.69, 9.17) is 4.42 Å². The molecule has 140 valence electrons. The van der Waals surface area contributed by atoms with E-state index in [-0.39, 0.29) is 22.9 Å². The van der Waals surface area contributed by atoms with Crippen LogP contribution in [0.25, 0.3) is 0 Å². The van der Waals surface area contributed by atoms with Gasteiger partial charge in [-0.25, -0.2) is 13.1 Å². The van der Waals surface area contributed by atoms with Crippen LogP contribution in [0.5, 0.6) is 0 Å². The lowest BCUT2D eigenvalue weighted by Gasteiger charge is -2.23. The van der Waals surface area contributed by atoms with Crippen LogP contribution in [0.3, 0.4) is 0 Å². The highest BCUT2D eigenvalue weighted by atomic mass is 32.2. The number of benzene rings is 1. The highest BCUT2D eigenvalue weighted by Crippen LogP contribution is 2.23. The number of nitrogens with one attached hydrogen (secondary N) is 1. The van der Waals surface area contributed by atoms with Crippen molar-refractivity contribution in [3.05, 3.63) is 54.0 Å². The largest absolute Gasteiger partial charge is 0.467 e. The van der Waals surface area contributed by atoms with Crippen molar-refractivity contribution >= 4 is 15.9 Å². The first-order valence-electron chi connectivity index (χ1n) is 8.81. The van der Waals surface area contributed by atoms with Gasteiger partial charge in [-0.3, -0.25) is 4.79 Å². The van der Waals surface area contributed by atoms with Gasteiger partial charge < -0.3 is 9.32 Å². The number of rotatable bonds is 6. The quantitative estimate of drug-likeness (QED) is 0.839. The number of furan rings is 1. The van der Waals surface area contributed by atoms with Gasteiger partial charge in [-0.15, -0.1) is 0 Å². The van der Waals surface area contributed by atoms with Gasteiger partial charge in [-0.1, -0.05) is 18.9 Å². The maximum Gasteiger partial charge on any atom is 0.254 e. The molecule has 0 aliphatic heterocycles. The maximum absolute atomic E-state index is 12.8. The molecule has 2 aromatic rings. The van der Waals surface area contributed by atoms with E-state index in [0.717, 1.165) is 25.7 Å². The number of carbonyl (C=O) groups is 1. The fourth-order valence-corrected chi connectivity index (χ4v) is 4.58. The molecule has 0 saturated heterocycles.